The van der Waals surface area contributed by atoms with E-state index in [0.29, 0.717) is 17.9 Å². The van der Waals surface area contributed by atoms with Gasteiger partial charge in [0.25, 0.3) is 0 Å². The van der Waals surface area contributed by atoms with Gasteiger partial charge < -0.3 is 5.32 Å². The molecule has 0 fully saturated rings. The number of nitrogens with one attached hydrogen (secondary N) is 2. The van der Waals surface area contributed by atoms with E-state index in [1.165, 1.54) is 23.1 Å². The van der Waals surface area contributed by atoms with Crippen molar-refractivity contribution in [3.63, 3.8) is 0 Å². The first-order valence-corrected chi connectivity index (χ1v) is 11.6. The predicted octanol–water partition coefficient (Wildman–Crippen LogP) is 2.65. The topological polar surface area (TPSA) is 88.2 Å². The molecule has 0 aliphatic carbocycles. The average molecular weight is 438 g/mol. The van der Waals surface area contributed by atoms with Crippen molar-refractivity contribution in [2.75, 3.05) is 12.0 Å². The number of benzene rings is 1. The molecule has 1 amide bonds. The lowest BCUT2D eigenvalue weighted by Gasteiger charge is -2.18. The van der Waals surface area contributed by atoms with Crippen LogP contribution in [0.5, 0.6) is 0 Å². The van der Waals surface area contributed by atoms with Crippen LogP contribution in [0.25, 0.3) is 0 Å². The third-order valence-corrected chi connectivity index (χ3v) is 6.39. The van der Waals surface area contributed by atoms with Crippen molar-refractivity contribution in [2.45, 2.75) is 23.9 Å². The average Bonchev–Trinajstić information content (AvgIpc) is 3.12. The molecule has 0 saturated heterocycles. The van der Waals surface area contributed by atoms with Gasteiger partial charge in [0.2, 0.25) is 15.9 Å². The number of rotatable bonds is 9. The Kier molecular flexibility index (Phi) is 7.84. The van der Waals surface area contributed by atoms with Crippen LogP contribution in [0.4, 0.5) is 4.39 Å². The summed E-state index contributed by atoms with van der Waals surface area (Å²) < 4.78 is 40.7. The van der Waals surface area contributed by atoms with Crippen LogP contribution in [-0.4, -0.2) is 37.4 Å². The fraction of sp³-hybridized carbons (Fsp3) is 0.333. The molecule has 142 valence electrons. The maximum absolute atomic E-state index is 13.3. The molecule has 11 heteroatoms. The first kappa shape index (κ1) is 21.1. The van der Waals surface area contributed by atoms with Gasteiger partial charge in [-0.3, -0.25) is 4.79 Å². The molecule has 26 heavy (non-hydrogen) atoms. The first-order valence-electron chi connectivity index (χ1n) is 7.44. The number of carbonyl (C=O) groups excluding carboxylic acids is 1. The molecule has 1 aromatic carbocycles. The number of nitrogens with zero attached hydrogens (tertiary/aromatic N) is 1. The monoisotopic (exact) mass is 437 g/mol. The zero-order valence-corrected chi connectivity index (χ0v) is 16.9. The smallest absolute Gasteiger partial charge is 0.241 e. The van der Waals surface area contributed by atoms with Crippen LogP contribution in [0.2, 0.25) is 5.02 Å². The van der Waals surface area contributed by atoms with Gasteiger partial charge in [0, 0.05) is 5.38 Å². The van der Waals surface area contributed by atoms with Crippen molar-refractivity contribution >= 4 is 50.6 Å². The Morgan fingerprint density at radius 1 is 1.46 bits per heavy atom. The Labute approximate surface area is 164 Å². The normalized spacial score (nSPS) is 12.7. The molecule has 2 N–H and O–H groups in total. The highest BCUT2D eigenvalue weighted by molar-refractivity contribution is 7.98. The second kappa shape index (κ2) is 9.65. The molecule has 0 bridgehead atoms. The number of carbonyl (C=O) groups is 1. The van der Waals surface area contributed by atoms with Crippen molar-refractivity contribution in [2.24, 2.45) is 0 Å². The third kappa shape index (κ3) is 5.92. The molecule has 0 aliphatic heterocycles. The molecule has 0 spiro atoms. The molecule has 2 rings (SSSR count). The molecule has 2 aromatic rings. The lowest BCUT2D eigenvalue weighted by molar-refractivity contribution is -0.122. The number of hydrogen-bond donors (Lipinski definition) is 2. The zero-order chi connectivity index (χ0) is 19.2. The van der Waals surface area contributed by atoms with Crippen LogP contribution in [0.15, 0.2) is 34.0 Å². The minimum Gasteiger partial charge on any atom is -0.349 e. The number of halogens is 2. The van der Waals surface area contributed by atoms with Gasteiger partial charge in [-0.15, -0.1) is 11.3 Å². The van der Waals surface area contributed by atoms with Gasteiger partial charge in [-0.1, -0.05) is 11.6 Å². The maximum atomic E-state index is 13.3. The summed E-state index contributed by atoms with van der Waals surface area (Å²) in [4.78, 5) is 16.3. The van der Waals surface area contributed by atoms with Crippen molar-refractivity contribution < 1.29 is 17.6 Å². The molecule has 0 radical (unpaired) electrons. The SMILES string of the molecule is CSCC[C@H](NS(=O)(=O)c1ccc(F)c(Cl)c1)C(=O)NCc1cscn1. The molecule has 0 aliphatic rings. The quantitative estimate of drug-likeness (QED) is 0.629. The lowest BCUT2D eigenvalue weighted by atomic mass is 10.2. The minimum atomic E-state index is -4.03. The summed E-state index contributed by atoms with van der Waals surface area (Å²) in [6.07, 6.45) is 2.16. The Morgan fingerprint density at radius 3 is 2.85 bits per heavy atom. The summed E-state index contributed by atoms with van der Waals surface area (Å²) in [5.41, 5.74) is 2.34. The van der Waals surface area contributed by atoms with E-state index in [1.807, 2.05) is 6.26 Å². The third-order valence-electron chi connectivity index (χ3n) is 3.35. The van der Waals surface area contributed by atoms with Crippen molar-refractivity contribution in [3.8, 4) is 0 Å². The summed E-state index contributed by atoms with van der Waals surface area (Å²) in [6.45, 7) is 0.211. The summed E-state index contributed by atoms with van der Waals surface area (Å²) in [7, 11) is -4.03. The highest BCUT2D eigenvalue weighted by atomic mass is 35.5. The van der Waals surface area contributed by atoms with Crippen LogP contribution in [0, 0.1) is 5.82 Å². The van der Waals surface area contributed by atoms with Crippen molar-refractivity contribution in [1.29, 1.82) is 0 Å². The Morgan fingerprint density at radius 2 is 2.23 bits per heavy atom. The van der Waals surface area contributed by atoms with E-state index in [2.05, 4.69) is 15.0 Å². The Balaban J connectivity index is 2.11. The first-order chi connectivity index (χ1) is 12.3. The number of sulfonamides is 1. The van der Waals surface area contributed by atoms with Gasteiger partial charge in [-0.05, 0) is 36.6 Å². The van der Waals surface area contributed by atoms with E-state index >= 15 is 0 Å². The molecular weight excluding hydrogens is 421 g/mol. The molecular formula is C15H17ClFN3O3S3. The molecule has 1 atom stereocenters. The second-order valence-electron chi connectivity index (χ2n) is 5.23. The molecule has 1 aromatic heterocycles. The van der Waals surface area contributed by atoms with Crippen molar-refractivity contribution in [1.82, 2.24) is 15.0 Å². The highest BCUT2D eigenvalue weighted by Crippen LogP contribution is 2.20. The van der Waals surface area contributed by atoms with Crippen LogP contribution in [0.3, 0.4) is 0 Å². The van der Waals surface area contributed by atoms with E-state index in [1.54, 1.807) is 10.9 Å². The molecule has 6 nitrogen and oxygen atoms in total. The van der Waals surface area contributed by atoms with Gasteiger partial charge in [0.15, 0.2) is 0 Å². The highest BCUT2D eigenvalue weighted by Gasteiger charge is 2.26. The van der Waals surface area contributed by atoms with Gasteiger partial charge in [-0.25, -0.2) is 17.8 Å². The second-order valence-corrected chi connectivity index (χ2v) is 9.05. The Bertz CT molecular complexity index is 847. The van der Waals surface area contributed by atoms with Crippen molar-refractivity contribution in [3.05, 3.63) is 45.6 Å². The number of hydrogen-bond acceptors (Lipinski definition) is 6. The predicted molar refractivity (Wildman–Crippen MR) is 102 cm³/mol. The van der Waals surface area contributed by atoms with E-state index in [0.717, 1.165) is 18.2 Å². The van der Waals surface area contributed by atoms with E-state index in [-0.39, 0.29) is 16.5 Å². The molecule has 0 unspecified atom stereocenters. The number of thioether (sulfide) groups is 1. The van der Waals surface area contributed by atoms with E-state index < -0.39 is 27.8 Å². The van der Waals surface area contributed by atoms with Crippen LogP contribution >= 0.6 is 34.7 Å². The van der Waals surface area contributed by atoms with Crippen LogP contribution in [0.1, 0.15) is 12.1 Å². The fourth-order valence-corrected chi connectivity index (χ4v) is 4.54. The summed E-state index contributed by atoms with van der Waals surface area (Å²) in [6, 6.07) is 2.12. The number of amides is 1. The molecule has 1 heterocycles. The number of thiazole rings is 1. The van der Waals surface area contributed by atoms with E-state index in [9.17, 15) is 17.6 Å². The fourth-order valence-electron chi connectivity index (χ4n) is 2.00. The van der Waals surface area contributed by atoms with Gasteiger partial charge in [0.1, 0.15) is 11.9 Å². The maximum Gasteiger partial charge on any atom is 0.241 e. The molecule has 0 saturated carbocycles. The summed E-state index contributed by atoms with van der Waals surface area (Å²) >= 11 is 8.55. The minimum absolute atomic E-state index is 0.203. The van der Waals surface area contributed by atoms with Gasteiger partial charge in [0.05, 0.1) is 27.7 Å². The lowest BCUT2D eigenvalue weighted by Crippen LogP contribution is -2.46. The van der Waals surface area contributed by atoms with E-state index in [4.69, 9.17) is 11.6 Å². The zero-order valence-electron chi connectivity index (χ0n) is 13.7. The number of aromatic nitrogens is 1. The Hall–Kier alpha value is -1.20. The van der Waals surface area contributed by atoms with Crippen LogP contribution in [-0.2, 0) is 21.4 Å². The summed E-state index contributed by atoms with van der Waals surface area (Å²) in [5.74, 6) is -0.587. The summed E-state index contributed by atoms with van der Waals surface area (Å²) in [5, 5.41) is 4.16. The van der Waals surface area contributed by atoms with Gasteiger partial charge in [-0.2, -0.15) is 16.5 Å². The van der Waals surface area contributed by atoms with Gasteiger partial charge >= 0.3 is 0 Å². The van der Waals surface area contributed by atoms with Crippen LogP contribution < -0.4 is 10.0 Å². The standard InChI is InChI=1S/C15H17ClFN3O3S3/c1-24-5-4-14(15(21)18-7-10-8-25-9-19-10)20-26(22,23)11-2-3-13(17)12(16)6-11/h2-3,6,8-9,14,20H,4-5,7H2,1H3,(H,18,21)/t14-/m0/s1. The largest absolute Gasteiger partial charge is 0.349 e.